The minimum Gasteiger partial charge on any atom is -0.497 e. The Labute approximate surface area is 161 Å². The van der Waals surface area contributed by atoms with Crippen molar-refractivity contribution >= 4 is 5.91 Å². The Hall–Kier alpha value is -3.77. The number of nitrogens with one attached hydrogen (secondary N) is 1. The molecule has 140 valence electrons. The second-order valence-electron chi connectivity index (χ2n) is 6.16. The van der Waals surface area contributed by atoms with Crippen LogP contribution in [-0.2, 0) is 0 Å². The molecule has 1 amide bonds. The van der Waals surface area contributed by atoms with Crippen LogP contribution in [0.1, 0.15) is 10.6 Å². The first-order chi connectivity index (χ1) is 13.7. The highest BCUT2D eigenvalue weighted by atomic mass is 16.5. The highest BCUT2D eigenvalue weighted by molar-refractivity contribution is 5.90. The van der Waals surface area contributed by atoms with Crippen molar-refractivity contribution in [1.82, 2.24) is 10.0 Å². The summed E-state index contributed by atoms with van der Waals surface area (Å²) in [6, 6.07) is 23.0. The van der Waals surface area contributed by atoms with E-state index in [1.807, 2.05) is 65.4 Å². The number of carbonyl (C=O) groups excluding carboxylic acids is 1. The third kappa shape index (κ3) is 3.28. The van der Waals surface area contributed by atoms with Crippen molar-refractivity contribution in [2.75, 3.05) is 7.11 Å². The smallest absolute Gasteiger partial charge is 0.310 e. The molecule has 2 heterocycles. The van der Waals surface area contributed by atoms with Crippen molar-refractivity contribution in [3.05, 3.63) is 84.8 Å². The Morgan fingerprint density at radius 1 is 0.964 bits per heavy atom. The van der Waals surface area contributed by atoms with Crippen molar-refractivity contribution in [1.29, 1.82) is 0 Å². The molecule has 0 aliphatic carbocycles. The Morgan fingerprint density at radius 2 is 1.71 bits per heavy atom. The number of rotatable bonds is 5. The van der Waals surface area contributed by atoms with Gasteiger partial charge in [0.05, 0.1) is 12.8 Å². The van der Waals surface area contributed by atoms with Crippen LogP contribution in [0.15, 0.2) is 83.4 Å². The number of ether oxygens (including phenoxy) is 1. The van der Waals surface area contributed by atoms with Gasteiger partial charge in [-0.1, -0.05) is 42.5 Å². The fourth-order valence-corrected chi connectivity index (χ4v) is 3.05. The van der Waals surface area contributed by atoms with E-state index in [1.165, 1.54) is 6.07 Å². The van der Waals surface area contributed by atoms with Crippen LogP contribution in [0.5, 0.6) is 5.75 Å². The Morgan fingerprint density at radius 3 is 2.39 bits per heavy atom. The molecule has 2 N–H and O–H groups in total. The van der Waals surface area contributed by atoms with Gasteiger partial charge in [0.25, 0.3) is 0 Å². The minimum atomic E-state index is -0.699. The fourth-order valence-electron chi connectivity index (χ4n) is 3.05. The summed E-state index contributed by atoms with van der Waals surface area (Å²) >= 11 is 0. The van der Waals surface area contributed by atoms with Crippen LogP contribution in [0.4, 0.5) is 0 Å². The zero-order valence-electron chi connectivity index (χ0n) is 15.1. The molecule has 4 rings (SSSR count). The fraction of sp³-hybridized carbons (Fsp3) is 0.0455. The molecule has 0 aliphatic heterocycles. The molecule has 0 radical (unpaired) electrons. The van der Waals surface area contributed by atoms with Crippen LogP contribution in [0.2, 0.25) is 0 Å². The molecule has 4 aromatic rings. The van der Waals surface area contributed by atoms with Crippen molar-refractivity contribution in [3.63, 3.8) is 0 Å². The van der Waals surface area contributed by atoms with Crippen LogP contribution < -0.4 is 10.2 Å². The van der Waals surface area contributed by atoms with Crippen molar-refractivity contribution < 1.29 is 19.2 Å². The average Bonchev–Trinajstić information content (AvgIpc) is 3.41. The summed E-state index contributed by atoms with van der Waals surface area (Å²) in [7, 11) is 1.63. The minimum absolute atomic E-state index is 0.0243. The molecule has 6 nitrogen and oxygen atoms in total. The van der Waals surface area contributed by atoms with Crippen molar-refractivity contribution in [2.24, 2.45) is 0 Å². The summed E-state index contributed by atoms with van der Waals surface area (Å²) < 4.78 is 12.7. The Bertz CT molecular complexity index is 1100. The van der Waals surface area contributed by atoms with Gasteiger partial charge in [-0.2, -0.15) is 0 Å². The lowest BCUT2D eigenvalue weighted by Gasteiger charge is -2.06. The SMILES string of the molecule is COc1ccc(-c2cc(-c3ccccc3)n(-c3ccc(C(=O)NO)o3)c2)cc1. The molecule has 0 unspecified atom stereocenters. The summed E-state index contributed by atoms with van der Waals surface area (Å²) in [6.45, 7) is 0. The lowest BCUT2D eigenvalue weighted by Crippen LogP contribution is -2.17. The zero-order chi connectivity index (χ0) is 19.5. The number of hydrogen-bond donors (Lipinski definition) is 2. The van der Waals surface area contributed by atoms with E-state index in [0.29, 0.717) is 5.88 Å². The predicted octanol–water partition coefficient (Wildman–Crippen LogP) is 4.53. The largest absolute Gasteiger partial charge is 0.497 e. The van der Waals surface area contributed by atoms with Crippen LogP contribution in [0.25, 0.3) is 28.3 Å². The van der Waals surface area contributed by atoms with E-state index >= 15 is 0 Å². The number of nitrogens with zero attached hydrogens (tertiary/aromatic N) is 1. The molecule has 2 aromatic heterocycles. The summed E-state index contributed by atoms with van der Waals surface area (Å²) in [5.74, 6) is 0.584. The third-order valence-electron chi connectivity index (χ3n) is 4.47. The summed E-state index contributed by atoms with van der Waals surface area (Å²) in [5.41, 5.74) is 5.52. The van der Waals surface area contributed by atoms with E-state index in [9.17, 15) is 4.79 Å². The van der Waals surface area contributed by atoms with E-state index in [4.69, 9.17) is 14.4 Å². The molecule has 6 heteroatoms. The van der Waals surface area contributed by atoms with Gasteiger partial charge in [-0.3, -0.25) is 14.6 Å². The van der Waals surface area contributed by atoms with Gasteiger partial charge in [0.2, 0.25) is 5.88 Å². The molecule has 28 heavy (non-hydrogen) atoms. The highest BCUT2D eigenvalue weighted by Crippen LogP contribution is 2.32. The summed E-state index contributed by atoms with van der Waals surface area (Å²) in [4.78, 5) is 11.6. The van der Waals surface area contributed by atoms with Crippen LogP contribution >= 0.6 is 0 Å². The molecule has 0 saturated carbocycles. The van der Waals surface area contributed by atoms with Crippen molar-refractivity contribution in [2.45, 2.75) is 0 Å². The molecule has 0 bridgehead atoms. The quantitative estimate of drug-likeness (QED) is 0.397. The predicted molar refractivity (Wildman–Crippen MR) is 105 cm³/mol. The molecule has 0 fully saturated rings. The Kier molecular flexibility index (Phi) is 4.70. The third-order valence-corrected chi connectivity index (χ3v) is 4.47. The first-order valence-corrected chi connectivity index (χ1v) is 8.66. The zero-order valence-corrected chi connectivity index (χ0v) is 15.1. The lowest BCUT2D eigenvalue weighted by atomic mass is 10.1. The number of amides is 1. The van der Waals surface area contributed by atoms with Crippen LogP contribution in [-0.4, -0.2) is 22.8 Å². The van der Waals surface area contributed by atoms with Gasteiger partial charge >= 0.3 is 5.91 Å². The molecule has 0 saturated heterocycles. The number of hydroxylamine groups is 1. The topological polar surface area (TPSA) is 76.6 Å². The monoisotopic (exact) mass is 374 g/mol. The van der Waals surface area contributed by atoms with Gasteiger partial charge < -0.3 is 9.15 Å². The van der Waals surface area contributed by atoms with Gasteiger partial charge in [0.15, 0.2) is 5.76 Å². The highest BCUT2D eigenvalue weighted by Gasteiger charge is 2.16. The Balaban J connectivity index is 1.82. The van der Waals surface area contributed by atoms with Crippen LogP contribution in [0.3, 0.4) is 0 Å². The number of hydrogen-bond acceptors (Lipinski definition) is 4. The molecule has 0 aliphatic rings. The van der Waals surface area contributed by atoms with Gasteiger partial charge in [-0.25, -0.2) is 5.48 Å². The average molecular weight is 374 g/mol. The van der Waals surface area contributed by atoms with E-state index in [0.717, 1.165) is 28.1 Å². The maximum absolute atomic E-state index is 11.6. The number of aromatic nitrogens is 1. The van der Waals surface area contributed by atoms with Gasteiger partial charge in [0.1, 0.15) is 5.75 Å². The van der Waals surface area contributed by atoms with Gasteiger partial charge in [-0.15, -0.1) is 0 Å². The normalized spacial score (nSPS) is 10.6. The van der Waals surface area contributed by atoms with Crippen LogP contribution in [0, 0.1) is 0 Å². The van der Waals surface area contributed by atoms with Crippen molar-refractivity contribution in [3.8, 4) is 34.0 Å². The number of carbonyl (C=O) groups is 1. The maximum atomic E-state index is 11.6. The first kappa shape index (κ1) is 17.6. The molecule has 2 aromatic carbocycles. The number of benzene rings is 2. The second kappa shape index (κ2) is 7.46. The standard InChI is InChI=1S/C22H18N2O4/c1-27-18-9-7-15(8-10-18)17-13-19(16-5-3-2-4-6-16)24(14-17)21-12-11-20(28-21)22(25)23-26/h2-14,26H,1H3,(H,23,25). The number of furan rings is 1. The second-order valence-corrected chi connectivity index (χ2v) is 6.16. The van der Waals surface area contributed by atoms with Gasteiger partial charge in [0, 0.05) is 17.8 Å². The number of methoxy groups -OCH3 is 1. The maximum Gasteiger partial charge on any atom is 0.310 e. The summed E-state index contributed by atoms with van der Waals surface area (Å²) in [5, 5.41) is 8.82. The first-order valence-electron chi connectivity index (χ1n) is 8.66. The molecular formula is C22H18N2O4. The van der Waals surface area contributed by atoms with Gasteiger partial charge in [-0.05, 0) is 35.4 Å². The lowest BCUT2D eigenvalue weighted by molar-refractivity contribution is 0.0676. The summed E-state index contributed by atoms with van der Waals surface area (Å²) in [6.07, 6.45) is 1.95. The van der Waals surface area contributed by atoms with E-state index in [2.05, 4.69) is 6.07 Å². The molecule has 0 spiro atoms. The van der Waals surface area contributed by atoms with E-state index in [-0.39, 0.29) is 5.76 Å². The van der Waals surface area contributed by atoms with E-state index < -0.39 is 5.91 Å². The molecular weight excluding hydrogens is 356 g/mol. The molecule has 0 atom stereocenters. The van der Waals surface area contributed by atoms with E-state index in [1.54, 1.807) is 18.7 Å².